The fourth-order valence-corrected chi connectivity index (χ4v) is 1.81. The minimum Gasteiger partial charge on any atom is -0.396 e. The Hall–Kier alpha value is -0.0400. The van der Waals surface area contributed by atoms with Gasteiger partial charge in [0.05, 0.1) is 0 Å². The smallest absolute Gasteiger partial charge is 0.0459 e. The minimum atomic E-state index is 0.391. The van der Waals surface area contributed by atoms with E-state index in [0.717, 1.165) is 5.92 Å². The summed E-state index contributed by atoms with van der Waals surface area (Å²) in [5.74, 6) is 1.40. The Balaban J connectivity index is 3.33. The summed E-state index contributed by atoms with van der Waals surface area (Å²) in [6.07, 6.45) is 8.94. The van der Waals surface area contributed by atoms with Crippen molar-refractivity contribution in [2.45, 2.75) is 65.7 Å². The second-order valence-electron chi connectivity index (χ2n) is 4.87. The molecule has 1 atom stereocenters. The molecule has 0 aromatic heterocycles. The molecule has 0 aliphatic heterocycles. The lowest BCUT2D eigenvalue weighted by Crippen LogP contribution is -2.06. The molecule has 14 heavy (non-hydrogen) atoms. The third-order valence-corrected chi connectivity index (χ3v) is 2.87. The van der Waals surface area contributed by atoms with E-state index in [1.54, 1.807) is 0 Å². The van der Waals surface area contributed by atoms with Gasteiger partial charge in [-0.2, -0.15) is 0 Å². The maximum absolute atomic E-state index is 9.16. The van der Waals surface area contributed by atoms with Gasteiger partial charge in [-0.25, -0.2) is 0 Å². The predicted octanol–water partition coefficient (Wildman–Crippen LogP) is 4.00. The van der Waals surface area contributed by atoms with Crippen LogP contribution in [0.4, 0.5) is 0 Å². The molecule has 0 unspecified atom stereocenters. The molecule has 0 spiro atoms. The molecule has 1 heteroatoms. The van der Waals surface area contributed by atoms with Crippen LogP contribution in [0.3, 0.4) is 0 Å². The van der Waals surface area contributed by atoms with E-state index in [2.05, 4.69) is 20.8 Å². The van der Waals surface area contributed by atoms with E-state index in [0.29, 0.717) is 12.5 Å². The van der Waals surface area contributed by atoms with Gasteiger partial charge >= 0.3 is 0 Å². The maximum atomic E-state index is 9.16. The SMILES string of the molecule is CCCC[C@H](CO)CCCCC(C)C. The van der Waals surface area contributed by atoms with Crippen LogP contribution in [0.2, 0.25) is 0 Å². The Morgan fingerprint density at radius 3 is 2.00 bits per heavy atom. The van der Waals surface area contributed by atoms with Crippen LogP contribution < -0.4 is 0 Å². The van der Waals surface area contributed by atoms with Crippen molar-refractivity contribution in [3.8, 4) is 0 Å². The first-order valence-corrected chi connectivity index (χ1v) is 6.31. The van der Waals surface area contributed by atoms with E-state index in [-0.39, 0.29) is 0 Å². The molecule has 0 saturated heterocycles. The van der Waals surface area contributed by atoms with Crippen LogP contribution >= 0.6 is 0 Å². The molecule has 1 nitrogen and oxygen atoms in total. The molecule has 86 valence electrons. The van der Waals surface area contributed by atoms with E-state index in [1.807, 2.05) is 0 Å². The number of hydrogen-bond donors (Lipinski definition) is 1. The van der Waals surface area contributed by atoms with Gasteiger partial charge in [0.1, 0.15) is 0 Å². The van der Waals surface area contributed by atoms with Gasteiger partial charge in [-0.3, -0.25) is 0 Å². The maximum Gasteiger partial charge on any atom is 0.0459 e. The lowest BCUT2D eigenvalue weighted by molar-refractivity contribution is 0.204. The quantitative estimate of drug-likeness (QED) is 0.558. The summed E-state index contributed by atoms with van der Waals surface area (Å²) in [5.41, 5.74) is 0. The molecule has 0 aromatic carbocycles. The second-order valence-corrected chi connectivity index (χ2v) is 4.87. The zero-order chi connectivity index (χ0) is 10.8. The van der Waals surface area contributed by atoms with Crippen molar-refractivity contribution >= 4 is 0 Å². The van der Waals surface area contributed by atoms with E-state index in [4.69, 9.17) is 5.11 Å². The lowest BCUT2D eigenvalue weighted by Gasteiger charge is -2.13. The lowest BCUT2D eigenvalue weighted by atomic mass is 9.95. The summed E-state index contributed by atoms with van der Waals surface area (Å²) in [6.45, 7) is 7.16. The third kappa shape index (κ3) is 8.55. The number of aliphatic hydroxyl groups excluding tert-OH is 1. The predicted molar refractivity (Wildman–Crippen MR) is 63.4 cm³/mol. The monoisotopic (exact) mass is 200 g/mol. The molecule has 0 amide bonds. The van der Waals surface area contributed by atoms with Crippen LogP contribution in [0, 0.1) is 11.8 Å². The molecule has 0 rings (SSSR count). The summed E-state index contributed by atoms with van der Waals surface area (Å²) in [7, 11) is 0. The number of aliphatic hydroxyl groups is 1. The Morgan fingerprint density at radius 2 is 1.50 bits per heavy atom. The highest BCUT2D eigenvalue weighted by Crippen LogP contribution is 2.17. The Morgan fingerprint density at radius 1 is 0.929 bits per heavy atom. The summed E-state index contributed by atoms with van der Waals surface area (Å²) >= 11 is 0. The zero-order valence-electron chi connectivity index (χ0n) is 10.3. The zero-order valence-corrected chi connectivity index (χ0v) is 10.3. The number of hydrogen-bond acceptors (Lipinski definition) is 1. The van der Waals surface area contributed by atoms with Gasteiger partial charge in [-0.1, -0.05) is 52.9 Å². The van der Waals surface area contributed by atoms with Gasteiger partial charge in [0, 0.05) is 6.61 Å². The molecule has 0 saturated carbocycles. The van der Waals surface area contributed by atoms with Gasteiger partial charge in [0.15, 0.2) is 0 Å². The van der Waals surface area contributed by atoms with Gasteiger partial charge in [0.25, 0.3) is 0 Å². The summed E-state index contributed by atoms with van der Waals surface area (Å²) in [5, 5.41) is 9.16. The largest absolute Gasteiger partial charge is 0.396 e. The van der Waals surface area contributed by atoms with E-state index in [9.17, 15) is 0 Å². The third-order valence-electron chi connectivity index (χ3n) is 2.87. The average Bonchev–Trinajstić information content (AvgIpc) is 2.16. The van der Waals surface area contributed by atoms with Crippen LogP contribution in [-0.4, -0.2) is 11.7 Å². The fraction of sp³-hybridized carbons (Fsp3) is 1.00. The normalized spacial score (nSPS) is 13.5. The molecule has 1 N–H and O–H groups in total. The van der Waals surface area contributed by atoms with Crippen molar-refractivity contribution in [2.24, 2.45) is 11.8 Å². The second kappa shape index (κ2) is 9.51. The van der Waals surface area contributed by atoms with E-state index < -0.39 is 0 Å². The van der Waals surface area contributed by atoms with Gasteiger partial charge in [0.2, 0.25) is 0 Å². The summed E-state index contributed by atoms with van der Waals surface area (Å²) < 4.78 is 0. The van der Waals surface area contributed by atoms with E-state index >= 15 is 0 Å². The highest BCUT2D eigenvalue weighted by atomic mass is 16.3. The van der Waals surface area contributed by atoms with Crippen LogP contribution in [0.15, 0.2) is 0 Å². The summed E-state index contributed by atoms with van der Waals surface area (Å²) in [6, 6.07) is 0. The molecule has 0 radical (unpaired) electrons. The van der Waals surface area contributed by atoms with Crippen molar-refractivity contribution in [1.29, 1.82) is 0 Å². The van der Waals surface area contributed by atoms with E-state index in [1.165, 1.54) is 44.9 Å². The Labute approximate surface area is 89.9 Å². The van der Waals surface area contributed by atoms with Crippen molar-refractivity contribution in [3.05, 3.63) is 0 Å². The summed E-state index contributed by atoms with van der Waals surface area (Å²) in [4.78, 5) is 0. The molecule has 0 aromatic rings. The molecule has 0 aliphatic rings. The van der Waals surface area contributed by atoms with Crippen LogP contribution in [0.25, 0.3) is 0 Å². The van der Waals surface area contributed by atoms with Gasteiger partial charge < -0.3 is 5.11 Å². The number of unbranched alkanes of at least 4 members (excludes halogenated alkanes) is 2. The van der Waals surface area contributed by atoms with Crippen LogP contribution in [0.5, 0.6) is 0 Å². The Kier molecular flexibility index (Phi) is 9.49. The average molecular weight is 200 g/mol. The van der Waals surface area contributed by atoms with Crippen LogP contribution in [0.1, 0.15) is 65.7 Å². The first-order chi connectivity index (χ1) is 6.70. The molecule has 0 fully saturated rings. The molecule has 0 heterocycles. The minimum absolute atomic E-state index is 0.391. The first-order valence-electron chi connectivity index (χ1n) is 6.31. The standard InChI is InChI=1S/C13H28O/c1-4-5-9-13(11-14)10-7-6-8-12(2)3/h12-14H,4-11H2,1-3H3/t13-/m0/s1. The highest BCUT2D eigenvalue weighted by molar-refractivity contribution is 4.58. The fourth-order valence-electron chi connectivity index (χ4n) is 1.81. The van der Waals surface area contributed by atoms with Gasteiger partial charge in [-0.15, -0.1) is 0 Å². The topological polar surface area (TPSA) is 20.2 Å². The first kappa shape index (κ1) is 14.0. The van der Waals surface area contributed by atoms with Crippen molar-refractivity contribution < 1.29 is 5.11 Å². The van der Waals surface area contributed by atoms with Gasteiger partial charge in [-0.05, 0) is 24.7 Å². The molecular weight excluding hydrogens is 172 g/mol. The van der Waals surface area contributed by atoms with Crippen molar-refractivity contribution in [1.82, 2.24) is 0 Å². The van der Waals surface area contributed by atoms with Crippen molar-refractivity contribution in [2.75, 3.05) is 6.61 Å². The van der Waals surface area contributed by atoms with Crippen molar-refractivity contribution in [3.63, 3.8) is 0 Å². The molecule has 0 bridgehead atoms. The molecule has 0 aliphatic carbocycles. The Bertz CT molecular complexity index is 110. The molecular formula is C13H28O. The highest BCUT2D eigenvalue weighted by Gasteiger charge is 2.06. The van der Waals surface area contributed by atoms with Crippen LogP contribution in [-0.2, 0) is 0 Å². The number of rotatable bonds is 9.